The largest absolute Gasteiger partial charge is 0.497 e. The summed E-state index contributed by atoms with van der Waals surface area (Å²) in [4.78, 5) is 26.0. The van der Waals surface area contributed by atoms with E-state index < -0.39 is 0 Å². The van der Waals surface area contributed by atoms with Gasteiger partial charge in [0.15, 0.2) is 0 Å². The molecule has 1 aromatic heterocycles. The number of nitrogens with one attached hydrogen (secondary N) is 2. The molecule has 2 aromatic carbocycles. The van der Waals surface area contributed by atoms with Gasteiger partial charge in [-0.25, -0.2) is 0 Å². The molecule has 0 bridgehead atoms. The highest BCUT2D eigenvalue weighted by Crippen LogP contribution is 2.35. The van der Waals surface area contributed by atoms with Gasteiger partial charge in [-0.05, 0) is 60.2 Å². The molecule has 1 fully saturated rings. The average Bonchev–Trinajstić information content (AvgIpc) is 3.40. The zero-order chi connectivity index (χ0) is 23.3. The van der Waals surface area contributed by atoms with Gasteiger partial charge >= 0.3 is 0 Å². The van der Waals surface area contributed by atoms with E-state index in [4.69, 9.17) is 21.1 Å². The van der Waals surface area contributed by atoms with Gasteiger partial charge in [0.2, 0.25) is 0 Å². The molecule has 1 aliphatic heterocycles. The first-order valence-electron chi connectivity index (χ1n) is 10.7. The smallest absolute Gasteiger partial charge is 0.265 e. The molecule has 0 atom stereocenters. The third kappa shape index (κ3) is 5.38. The van der Waals surface area contributed by atoms with Gasteiger partial charge in [0.25, 0.3) is 11.8 Å². The third-order valence-electron chi connectivity index (χ3n) is 5.96. The predicted octanol–water partition coefficient (Wildman–Crippen LogP) is 5.14. The van der Waals surface area contributed by atoms with Crippen LogP contribution in [-0.2, 0) is 10.2 Å². The molecule has 3 aromatic rings. The van der Waals surface area contributed by atoms with Crippen LogP contribution < -0.4 is 15.4 Å². The average molecular weight is 485 g/mol. The zero-order valence-electron chi connectivity index (χ0n) is 18.2. The van der Waals surface area contributed by atoms with Crippen molar-refractivity contribution in [1.82, 2.24) is 5.32 Å². The Bertz CT molecular complexity index is 1110. The van der Waals surface area contributed by atoms with Crippen molar-refractivity contribution >= 4 is 40.4 Å². The number of carbonyl (C=O) groups is 2. The van der Waals surface area contributed by atoms with Crippen LogP contribution in [-0.4, -0.2) is 38.7 Å². The fourth-order valence-electron chi connectivity index (χ4n) is 3.98. The molecule has 0 unspecified atom stereocenters. The minimum Gasteiger partial charge on any atom is -0.497 e. The van der Waals surface area contributed by atoms with Crippen LogP contribution in [0.1, 0.15) is 38.4 Å². The second-order valence-electron chi connectivity index (χ2n) is 7.93. The van der Waals surface area contributed by atoms with Crippen molar-refractivity contribution in [3.05, 3.63) is 81.0 Å². The lowest BCUT2D eigenvalue weighted by Crippen LogP contribution is -2.44. The monoisotopic (exact) mass is 484 g/mol. The summed E-state index contributed by atoms with van der Waals surface area (Å²) in [6.07, 6.45) is 1.62. The first kappa shape index (κ1) is 23.3. The van der Waals surface area contributed by atoms with Crippen LogP contribution in [0, 0.1) is 0 Å². The van der Waals surface area contributed by atoms with Crippen molar-refractivity contribution in [3.63, 3.8) is 0 Å². The molecule has 172 valence electrons. The van der Waals surface area contributed by atoms with E-state index in [-0.39, 0.29) is 17.2 Å². The summed E-state index contributed by atoms with van der Waals surface area (Å²) in [6.45, 7) is 1.75. The zero-order valence-corrected chi connectivity index (χ0v) is 19.8. The second kappa shape index (κ2) is 10.4. The van der Waals surface area contributed by atoms with Gasteiger partial charge in [-0.15, -0.1) is 11.3 Å². The maximum Gasteiger partial charge on any atom is 0.265 e. The van der Waals surface area contributed by atoms with Crippen LogP contribution in [0.2, 0.25) is 5.02 Å². The van der Waals surface area contributed by atoms with E-state index >= 15 is 0 Å². The number of thiophene rings is 1. The summed E-state index contributed by atoms with van der Waals surface area (Å²) in [5.74, 6) is 0.311. The first-order chi connectivity index (χ1) is 16.0. The number of rotatable bonds is 7. The number of amides is 2. The topological polar surface area (TPSA) is 76.7 Å². The maximum absolute atomic E-state index is 13.0. The van der Waals surface area contributed by atoms with Crippen molar-refractivity contribution in [2.75, 3.05) is 32.2 Å². The number of methoxy groups -OCH3 is 1. The van der Waals surface area contributed by atoms with Gasteiger partial charge in [0.1, 0.15) is 5.75 Å². The van der Waals surface area contributed by atoms with E-state index in [1.807, 2.05) is 17.5 Å². The Labute approximate surface area is 201 Å². The van der Waals surface area contributed by atoms with Crippen molar-refractivity contribution in [1.29, 1.82) is 0 Å². The van der Waals surface area contributed by atoms with E-state index in [0.717, 1.165) is 24.2 Å². The Kier molecular flexibility index (Phi) is 7.33. The number of anilines is 1. The fraction of sp³-hybridized carbons (Fsp3) is 0.280. The number of carbonyl (C=O) groups excluding carboxylic acids is 2. The molecule has 8 heteroatoms. The molecule has 2 amide bonds. The number of hydrogen-bond acceptors (Lipinski definition) is 5. The normalized spacial score (nSPS) is 15.0. The highest BCUT2D eigenvalue weighted by molar-refractivity contribution is 7.12. The van der Waals surface area contributed by atoms with Crippen LogP contribution in [0.4, 0.5) is 5.69 Å². The van der Waals surface area contributed by atoms with E-state index in [1.54, 1.807) is 37.4 Å². The van der Waals surface area contributed by atoms with Crippen molar-refractivity contribution in [3.8, 4) is 5.75 Å². The van der Waals surface area contributed by atoms with Crippen LogP contribution in [0.3, 0.4) is 0 Å². The number of hydrogen-bond donors (Lipinski definition) is 2. The lowest BCUT2D eigenvalue weighted by atomic mass is 9.74. The first-order valence-corrected chi connectivity index (χ1v) is 11.9. The molecule has 33 heavy (non-hydrogen) atoms. The second-order valence-corrected chi connectivity index (χ2v) is 9.28. The lowest BCUT2D eigenvalue weighted by molar-refractivity contribution is 0.0487. The molecule has 4 rings (SSSR count). The number of benzene rings is 2. The van der Waals surface area contributed by atoms with Crippen LogP contribution >= 0.6 is 22.9 Å². The molecule has 6 nitrogen and oxygen atoms in total. The Hall–Kier alpha value is -2.87. The third-order valence-corrected chi connectivity index (χ3v) is 7.16. The summed E-state index contributed by atoms with van der Waals surface area (Å²) in [5.41, 5.74) is 1.76. The summed E-state index contributed by atoms with van der Waals surface area (Å²) < 4.78 is 10.9. The Morgan fingerprint density at radius 2 is 1.85 bits per heavy atom. The Balaban J connectivity index is 1.49. The van der Waals surface area contributed by atoms with Gasteiger partial charge in [-0.2, -0.15) is 0 Å². The highest BCUT2D eigenvalue weighted by atomic mass is 35.5. The molecule has 1 aliphatic rings. The molecule has 2 heterocycles. The molecule has 0 spiro atoms. The predicted molar refractivity (Wildman–Crippen MR) is 131 cm³/mol. The van der Waals surface area contributed by atoms with Crippen molar-refractivity contribution < 1.29 is 19.1 Å². The molecule has 2 N–H and O–H groups in total. The maximum atomic E-state index is 13.0. The minimum atomic E-state index is -0.259. The standard InChI is InChI=1S/C25H25ClN2O4S/c1-31-19-7-5-18(6-8-19)25(10-12-32-13-11-25)16-27-23(29)17-4-9-20(26)21(15-17)28-24(30)22-3-2-14-33-22/h2-9,14-15H,10-13,16H2,1H3,(H,27,29)(H,28,30). The Morgan fingerprint density at radius 1 is 1.09 bits per heavy atom. The van der Waals surface area contributed by atoms with Gasteiger partial charge in [-0.3, -0.25) is 9.59 Å². The fourth-order valence-corrected chi connectivity index (χ4v) is 4.76. The summed E-state index contributed by atoms with van der Waals surface area (Å²) in [7, 11) is 1.64. The summed E-state index contributed by atoms with van der Waals surface area (Å²) in [6, 6.07) is 16.4. The summed E-state index contributed by atoms with van der Waals surface area (Å²) in [5, 5.41) is 8.07. The quantitative estimate of drug-likeness (QED) is 0.486. The van der Waals surface area contributed by atoms with E-state index in [2.05, 4.69) is 22.8 Å². The van der Waals surface area contributed by atoms with E-state index in [9.17, 15) is 9.59 Å². The van der Waals surface area contributed by atoms with Gasteiger partial charge < -0.3 is 20.1 Å². The molecule has 0 aliphatic carbocycles. The Morgan fingerprint density at radius 3 is 2.52 bits per heavy atom. The van der Waals surface area contributed by atoms with Crippen molar-refractivity contribution in [2.45, 2.75) is 18.3 Å². The number of ether oxygens (including phenoxy) is 2. The van der Waals surface area contributed by atoms with Crippen LogP contribution in [0.5, 0.6) is 5.75 Å². The SMILES string of the molecule is COc1ccc(C2(CNC(=O)c3ccc(Cl)c(NC(=O)c4cccs4)c3)CCOCC2)cc1. The molecular weight excluding hydrogens is 460 g/mol. The molecule has 0 saturated carbocycles. The van der Waals surface area contributed by atoms with Gasteiger partial charge in [-0.1, -0.05) is 29.8 Å². The minimum absolute atomic E-state index is 0.219. The van der Waals surface area contributed by atoms with Crippen LogP contribution in [0.15, 0.2) is 60.0 Å². The van der Waals surface area contributed by atoms with Gasteiger partial charge in [0, 0.05) is 30.7 Å². The molecule has 1 saturated heterocycles. The van der Waals surface area contributed by atoms with E-state index in [0.29, 0.717) is 40.9 Å². The molecule has 0 radical (unpaired) electrons. The van der Waals surface area contributed by atoms with Crippen LogP contribution in [0.25, 0.3) is 0 Å². The lowest BCUT2D eigenvalue weighted by Gasteiger charge is -2.38. The van der Waals surface area contributed by atoms with E-state index in [1.165, 1.54) is 11.3 Å². The highest BCUT2D eigenvalue weighted by Gasteiger charge is 2.35. The van der Waals surface area contributed by atoms with Gasteiger partial charge in [0.05, 0.1) is 22.7 Å². The summed E-state index contributed by atoms with van der Waals surface area (Å²) >= 11 is 7.60. The number of halogens is 1. The van der Waals surface area contributed by atoms with Crippen molar-refractivity contribution in [2.24, 2.45) is 0 Å². The molecular formula is C25H25ClN2O4S.